The van der Waals surface area contributed by atoms with Crippen molar-refractivity contribution in [1.82, 2.24) is 4.90 Å². The second-order valence-corrected chi connectivity index (χ2v) is 4.15. The Morgan fingerprint density at radius 1 is 1.07 bits per heavy atom. The molecular formula is C11H19NO3. The molecule has 1 N–H and O–H groups in total. The Kier molecular flexibility index (Phi) is 4.59. The zero-order valence-corrected chi connectivity index (χ0v) is 9.24. The third kappa shape index (κ3) is 3.53. The quantitative estimate of drug-likeness (QED) is 0.707. The fourth-order valence-corrected chi connectivity index (χ4v) is 1.85. The second-order valence-electron chi connectivity index (χ2n) is 4.15. The summed E-state index contributed by atoms with van der Waals surface area (Å²) in [5.41, 5.74) is 0. The third-order valence-electron chi connectivity index (χ3n) is 2.91. The molecule has 0 aromatic carbocycles. The molecule has 0 aliphatic carbocycles. The summed E-state index contributed by atoms with van der Waals surface area (Å²) in [6, 6.07) is 0. The molecule has 1 aliphatic rings. The molecule has 4 heteroatoms. The number of aliphatic carboxylic acids is 1. The Labute approximate surface area is 90.3 Å². The van der Waals surface area contributed by atoms with Gasteiger partial charge in [0.1, 0.15) is 5.92 Å². The summed E-state index contributed by atoms with van der Waals surface area (Å²) in [6.07, 6.45) is 5.52. The maximum atomic E-state index is 11.7. The molecule has 0 radical (unpaired) electrons. The molecule has 0 aromatic rings. The molecule has 1 saturated heterocycles. The Hall–Kier alpha value is -1.06. The van der Waals surface area contributed by atoms with Gasteiger partial charge in [0.2, 0.25) is 5.91 Å². The number of nitrogens with zero attached hydrogens (tertiary/aromatic N) is 1. The van der Waals surface area contributed by atoms with Crippen molar-refractivity contribution in [3.05, 3.63) is 0 Å². The molecule has 1 heterocycles. The fourth-order valence-electron chi connectivity index (χ4n) is 1.85. The summed E-state index contributed by atoms with van der Waals surface area (Å²) < 4.78 is 0. The molecule has 0 spiro atoms. The number of hydrogen-bond acceptors (Lipinski definition) is 2. The van der Waals surface area contributed by atoms with Gasteiger partial charge in [-0.3, -0.25) is 9.59 Å². The first-order valence-electron chi connectivity index (χ1n) is 5.64. The number of likely N-dealkylation sites (tertiary alicyclic amines) is 1. The van der Waals surface area contributed by atoms with E-state index in [1.807, 2.05) is 0 Å². The monoisotopic (exact) mass is 213 g/mol. The normalized spacial score (nSPS) is 20.2. The van der Waals surface area contributed by atoms with Crippen molar-refractivity contribution in [1.29, 1.82) is 0 Å². The van der Waals surface area contributed by atoms with Crippen LogP contribution in [0.4, 0.5) is 0 Å². The van der Waals surface area contributed by atoms with Crippen LogP contribution in [0.15, 0.2) is 0 Å². The third-order valence-corrected chi connectivity index (χ3v) is 2.91. The van der Waals surface area contributed by atoms with Crippen molar-refractivity contribution in [3.63, 3.8) is 0 Å². The van der Waals surface area contributed by atoms with Crippen LogP contribution in [-0.2, 0) is 9.59 Å². The van der Waals surface area contributed by atoms with E-state index in [9.17, 15) is 9.59 Å². The second kappa shape index (κ2) is 5.73. The van der Waals surface area contributed by atoms with E-state index in [0.717, 1.165) is 38.8 Å². The van der Waals surface area contributed by atoms with Crippen molar-refractivity contribution >= 4 is 11.9 Å². The van der Waals surface area contributed by atoms with E-state index < -0.39 is 11.9 Å². The standard InChI is InChI=1S/C11H19NO3/c1-9(11(14)15)10(13)12-7-5-3-2-4-6-8-12/h9H,2-8H2,1H3,(H,14,15). The van der Waals surface area contributed by atoms with Gasteiger partial charge >= 0.3 is 5.97 Å². The van der Waals surface area contributed by atoms with Crippen LogP contribution < -0.4 is 0 Å². The first-order valence-corrected chi connectivity index (χ1v) is 5.64. The maximum Gasteiger partial charge on any atom is 0.315 e. The minimum Gasteiger partial charge on any atom is -0.481 e. The zero-order valence-electron chi connectivity index (χ0n) is 9.24. The highest BCUT2D eigenvalue weighted by Gasteiger charge is 2.25. The van der Waals surface area contributed by atoms with Gasteiger partial charge in [-0.05, 0) is 19.8 Å². The minimum atomic E-state index is -1.03. The molecule has 1 amide bonds. The van der Waals surface area contributed by atoms with Crippen molar-refractivity contribution in [2.45, 2.75) is 39.0 Å². The SMILES string of the molecule is CC(C(=O)O)C(=O)N1CCCCCCC1. The van der Waals surface area contributed by atoms with E-state index in [1.54, 1.807) is 4.90 Å². The smallest absolute Gasteiger partial charge is 0.315 e. The van der Waals surface area contributed by atoms with Crippen LogP contribution in [0.1, 0.15) is 39.0 Å². The summed E-state index contributed by atoms with van der Waals surface area (Å²) in [7, 11) is 0. The van der Waals surface area contributed by atoms with Crippen molar-refractivity contribution in [2.75, 3.05) is 13.1 Å². The van der Waals surface area contributed by atoms with Crippen LogP contribution in [0.3, 0.4) is 0 Å². The van der Waals surface area contributed by atoms with Gasteiger partial charge in [-0.2, -0.15) is 0 Å². The largest absolute Gasteiger partial charge is 0.481 e. The molecular weight excluding hydrogens is 194 g/mol. The molecule has 1 fully saturated rings. The zero-order chi connectivity index (χ0) is 11.3. The Balaban J connectivity index is 2.52. The van der Waals surface area contributed by atoms with Crippen LogP contribution >= 0.6 is 0 Å². The maximum absolute atomic E-state index is 11.7. The van der Waals surface area contributed by atoms with Crippen molar-refractivity contribution in [3.8, 4) is 0 Å². The highest BCUT2D eigenvalue weighted by molar-refractivity contribution is 5.96. The number of hydrogen-bond donors (Lipinski definition) is 1. The first kappa shape index (κ1) is 12.0. The molecule has 0 aromatic heterocycles. The topological polar surface area (TPSA) is 57.6 Å². The predicted octanol–water partition coefficient (Wildman–Crippen LogP) is 1.50. The lowest BCUT2D eigenvalue weighted by atomic mass is 10.1. The fraction of sp³-hybridized carbons (Fsp3) is 0.818. The summed E-state index contributed by atoms with van der Waals surface area (Å²) in [5.74, 6) is -2.16. The average molecular weight is 213 g/mol. The molecule has 4 nitrogen and oxygen atoms in total. The van der Waals surface area contributed by atoms with Gasteiger partial charge in [-0.15, -0.1) is 0 Å². The lowest BCUT2D eigenvalue weighted by Gasteiger charge is -2.26. The van der Waals surface area contributed by atoms with E-state index in [0.29, 0.717) is 0 Å². The summed E-state index contributed by atoms with van der Waals surface area (Å²) in [4.78, 5) is 24.1. The molecule has 1 atom stereocenters. The van der Waals surface area contributed by atoms with E-state index in [-0.39, 0.29) is 5.91 Å². The van der Waals surface area contributed by atoms with E-state index >= 15 is 0 Å². The van der Waals surface area contributed by atoms with Crippen LogP contribution in [-0.4, -0.2) is 35.0 Å². The van der Waals surface area contributed by atoms with Crippen LogP contribution in [0, 0.1) is 5.92 Å². The molecule has 0 saturated carbocycles. The number of carbonyl (C=O) groups is 2. The van der Waals surface area contributed by atoms with E-state index in [1.165, 1.54) is 13.3 Å². The Morgan fingerprint density at radius 3 is 2.00 bits per heavy atom. The van der Waals surface area contributed by atoms with Gasteiger partial charge < -0.3 is 10.0 Å². The first-order chi connectivity index (χ1) is 7.13. The number of carbonyl (C=O) groups excluding carboxylic acids is 1. The highest BCUT2D eigenvalue weighted by Crippen LogP contribution is 2.13. The van der Waals surface area contributed by atoms with Crippen molar-refractivity contribution < 1.29 is 14.7 Å². The lowest BCUT2D eigenvalue weighted by molar-refractivity contribution is -0.150. The van der Waals surface area contributed by atoms with Gasteiger partial charge in [-0.25, -0.2) is 0 Å². The molecule has 1 rings (SSSR count). The highest BCUT2D eigenvalue weighted by atomic mass is 16.4. The van der Waals surface area contributed by atoms with Gasteiger partial charge in [-0.1, -0.05) is 19.3 Å². The Bertz CT molecular complexity index is 232. The van der Waals surface area contributed by atoms with Crippen LogP contribution in [0.25, 0.3) is 0 Å². The number of rotatable bonds is 2. The van der Waals surface area contributed by atoms with Crippen LogP contribution in [0.5, 0.6) is 0 Å². The van der Waals surface area contributed by atoms with E-state index in [2.05, 4.69) is 0 Å². The van der Waals surface area contributed by atoms with Gasteiger partial charge in [0.05, 0.1) is 0 Å². The molecule has 0 bridgehead atoms. The van der Waals surface area contributed by atoms with Gasteiger partial charge in [0.15, 0.2) is 0 Å². The summed E-state index contributed by atoms with van der Waals surface area (Å²) in [6.45, 7) is 2.90. The van der Waals surface area contributed by atoms with Crippen LogP contribution in [0.2, 0.25) is 0 Å². The van der Waals surface area contributed by atoms with Crippen molar-refractivity contribution in [2.24, 2.45) is 5.92 Å². The average Bonchev–Trinajstić information content (AvgIpc) is 2.15. The lowest BCUT2D eigenvalue weighted by Crippen LogP contribution is -2.39. The number of carboxylic acid groups (broad SMARTS) is 1. The van der Waals surface area contributed by atoms with Gasteiger partial charge in [0.25, 0.3) is 0 Å². The Morgan fingerprint density at radius 2 is 1.53 bits per heavy atom. The molecule has 1 aliphatic heterocycles. The minimum absolute atomic E-state index is 0.232. The molecule has 15 heavy (non-hydrogen) atoms. The van der Waals surface area contributed by atoms with Gasteiger partial charge in [0, 0.05) is 13.1 Å². The number of carboxylic acids is 1. The predicted molar refractivity (Wildman–Crippen MR) is 56.5 cm³/mol. The molecule has 86 valence electrons. The summed E-state index contributed by atoms with van der Waals surface area (Å²) in [5, 5.41) is 8.76. The summed E-state index contributed by atoms with van der Waals surface area (Å²) >= 11 is 0. The van der Waals surface area contributed by atoms with E-state index in [4.69, 9.17) is 5.11 Å². The molecule has 1 unspecified atom stereocenters. The number of amides is 1.